The summed E-state index contributed by atoms with van der Waals surface area (Å²) in [7, 11) is 1.96. The molecule has 2 rings (SSSR count). The Labute approximate surface area is 112 Å². The number of rotatable bonds is 3. The number of carbonyl (C=O) groups excluding carboxylic acids is 1. The van der Waals surface area contributed by atoms with E-state index in [1.807, 2.05) is 7.05 Å². The van der Waals surface area contributed by atoms with Crippen molar-refractivity contribution < 1.29 is 15.0 Å². The van der Waals surface area contributed by atoms with Crippen LogP contribution in [0.15, 0.2) is 18.2 Å². The van der Waals surface area contributed by atoms with Gasteiger partial charge in [0.15, 0.2) is 0 Å². The number of phenolic OH excluding ortho intramolecular Hbond substituents is 2. The van der Waals surface area contributed by atoms with Crippen molar-refractivity contribution in [1.82, 2.24) is 10.6 Å². The first-order valence-corrected chi connectivity index (χ1v) is 6.60. The van der Waals surface area contributed by atoms with Crippen LogP contribution in [0.4, 0.5) is 0 Å². The summed E-state index contributed by atoms with van der Waals surface area (Å²) in [5.41, 5.74) is 0.202. The van der Waals surface area contributed by atoms with Crippen molar-refractivity contribution >= 4 is 5.91 Å². The Kier molecular flexibility index (Phi) is 4.27. The third-order valence-electron chi connectivity index (χ3n) is 3.70. The first-order chi connectivity index (χ1) is 9.10. The number of hydrogen-bond acceptors (Lipinski definition) is 4. The maximum absolute atomic E-state index is 12.0. The van der Waals surface area contributed by atoms with Gasteiger partial charge in [0, 0.05) is 18.2 Å². The van der Waals surface area contributed by atoms with Gasteiger partial charge in [-0.25, -0.2) is 0 Å². The Morgan fingerprint density at radius 2 is 1.79 bits per heavy atom. The van der Waals surface area contributed by atoms with E-state index in [4.69, 9.17) is 0 Å². The molecule has 0 bridgehead atoms. The molecule has 4 N–H and O–H groups in total. The Morgan fingerprint density at radius 1 is 1.16 bits per heavy atom. The maximum atomic E-state index is 12.0. The number of carbonyl (C=O) groups is 1. The molecule has 1 amide bonds. The molecule has 0 unspecified atom stereocenters. The monoisotopic (exact) mass is 264 g/mol. The molecule has 0 heterocycles. The van der Waals surface area contributed by atoms with Crippen molar-refractivity contribution in [1.29, 1.82) is 0 Å². The van der Waals surface area contributed by atoms with Gasteiger partial charge >= 0.3 is 0 Å². The van der Waals surface area contributed by atoms with Gasteiger partial charge in [0.25, 0.3) is 5.91 Å². The molecular formula is C14H20N2O3. The lowest BCUT2D eigenvalue weighted by Crippen LogP contribution is -2.41. The number of nitrogens with one attached hydrogen (secondary N) is 2. The second-order valence-corrected chi connectivity index (χ2v) is 5.01. The number of aromatic hydroxyl groups is 2. The molecule has 1 fully saturated rings. The average Bonchev–Trinajstić information content (AvgIpc) is 2.39. The smallest absolute Gasteiger partial charge is 0.255 e. The molecule has 5 heteroatoms. The molecule has 0 saturated heterocycles. The first-order valence-electron chi connectivity index (χ1n) is 6.60. The van der Waals surface area contributed by atoms with Crippen LogP contribution in [0.3, 0.4) is 0 Å². The van der Waals surface area contributed by atoms with E-state index < -0.39 is 0 Å². The average molecular weight is 264 g/mol. The van der Waals surface area contributed by atoms with Gasteiger partial charge in [-0.05, 0) is 44.9 Å². The zero-order valence-corrected chi connectivity index (χ0v) is 11.0. The largest absolute Gasteiger partial charge is 0.508 e. The van der Waals surface area contributed by atoms with E-state index in [-0.39, 0.29) is 29.0 Å². The van der Waals surface area contributed by atoms with Crippen molar-refractivity contribution in [3.8, 4) is 11.5 Å². The highest BCUT2D eigenvalue weighted by Crippen LogP contribution is 2.24. The Hall–Kier alpha value is -1.75. The van der Waals surface area contributed by atoms with Gasteiger partial charge in [0.1, 0.15) is 11.5 Å². The zero-order valence-electron chi connectivity index (χ0n) is 11.0. The zero-order chi connectivity index (χ0) is 13.8. The van der Waals surface area contributed by atoms with Crippen molar-refractivity contribution in [2.75, 3.05) is 7.05 Å². The standard InChI is InChI=1S/C14H20N2O3/c1-15-9-2-4-10(5-3-9)16-14(19)12-7-6-11(17)8-13(12)18/h6-10,15,17-18H,2-5H2,1H3,(H,16,19). The lowest BCUT2D eigenvalue weighted by atomic mass is 9.91. The van der Waals surface area contributed by atoms with Gasteiger partial charge in [-0.2, -0.15) is 0 Å². The number of phenols is 2. The summed E-state index contributed by atoms with van der Waals surface area (Å²) in [4.78, 5) is 12.0. The van der Waals surface area contributed by atoms with Crippen LogP contribution < -0.4 is 10.6 Å². The molecule has 19 heavy (non-hydrogen) atoms. The lowest BCUT2D eigenvalue weighted by Gasteiger charge is -2.28. The predicted octanol–water partition coefficient (Wildman–Crippen LogP) is 1.36. The Balaban J connectivity index is 1.94. The fourth-order valence-corrected chi connectivity index (χ4v) is 2.50. The quantitative estimate of drug-likeness (QED) is 0.664. The summed E-state index contributed by atoms with van der Waals surface area (Å²) in [5.74, 6) is -0.532. The molecular weight excluding hydrogens is 244 g/mol. The molecule has 5 nitrogen and oxygen atoms in total. The topological polar surface area (TPSA) is 81.6 Å². The fourth-order valence-electron chi connectivity index (χ4n) is 2.50. The van der Waals surface area contributed by atoms with E-state index in [2.05, 4.69) is 10.6 Å². The van der Waals surface area contributed by atoms with Crippen LogP contribution >= 0.6 is 0 Å². The number of amides is 1. The third-order valence-corrected chi connectivity index (χ3v) is 3.70. The van der Waals surface area contributed by atoms with Gasteiger partial charge in [-0.15, -0.1) is 0 Å². The van der Waals surface area contributed by atoms with Gasteiger partial charge in [-0.3, -0.25) is 4.79 Å². The van der Waals surface area contributed by atoms with E-state index >= 15 is 0 Å². The molecule has 1 aliphatic rings. The van der Waals surface area contributed by atoms with Crippen LogP contribution in [-0.2, 0) is 0 Å². The molecule has 0 atom stereocenters. The minimum absolute atomic E-state index is 0.0522. The Bertz CT molecular complexity index is 454. The van der Waals surface area contributed by atoms with Crippen LogP contribution in [0, 0.1) is 0 Å². The highest BCUT2D eigenvalue weighted by atomic mass is 16.3. The van der Waals surface area contributed by atoms with Crippen molar-refractivity contribution in [3.05, 3.63) is 23.8 Å². The maximum Gasteiger partial charge on any atom is 0.255 e. The minimum Gasteiger partial charge on any atom is -0.508 e. The first kappa shape index (κ1) is 13.7. The van der Waals surface area contributed by atoms with Crippen LogP contribution in [0.5, 0.6) is 11.5 Å². The van der Waals surface area contributed by atoms with E-state index in [1.165, 1.54) is 18.2 Å². The van der Waals surface area contributed by atoms with Crippen LogP contribution in [-0.4, -0.2) is 35.3 Å². The summed E-state index contributed by atoms with van der Waals surface area (Å²) in [5, 5.41) is 25.0. The lowest BCUT2D eigenvalue weighted by molar-refractivity contribution is 0.0922. The highest BCUT2D eigenvalue weighted by molar-refractivity contribution is 5.97. The minimum atomic E-state index is -0.287. The summed E-state index contributed by atoms with van der Waals surface area (Å²) >= 11 is 0. The second kappa shape index (κ2) is 5.93. The molecule has 1 aliphatic carbocycles. The van der Waals surface area contributed by atoms with Crippen LogP contribution in [0.25, 0.3) is 0 Å². The SMILES string of the molecule is CNC1CCC(NC(=O)c2ccc(O)cc2O)CC1. The van der Waals surface area contributed by atoms with Gasteiger partial charge in [0.05, 0.1) is 5.56 Å². The molecule has 0 radical (unpaired) electrons. The van der Waals surface area contributed by atoms with Crippen LogP contribution in [0.2, 0.25) is 0 Å². The van der Waals surface area contributed by atoms with E-state index in [0.717, 1.165) is 25.7 Å². The fraction of sp³-hybridized carbons (Fsp3) is 0.500. The highest BCUT2D eigenvalue weighted by Gasteiger charge is 2.22. The number of hydrogen-bond donors (Lipinski definition) is 4. The van der Waals surface area contributed by atoms with Crippen LogP contribution in [0.1, 0.15) is 36.0 Å². The molecule has 1 aromatic carbocycles. The van der Waals surface area contributed by atoms with Gasteiger partial charge in [0.2, 0.25) is 0 Å². The molecule has 1 saturated carbocycles. The summed E-state index contributed by atoms with van der Waals surface area (Å²) in [6.45, 7) is 0. The molecule has 0 aliphatic heterocycles. The molecule has 0 spiro atoms. The summed E-state index contributed by atoms with van der Waals surface area (Å²) < 4.78 is 0. The number of benzene rings is 1. The van der Waals surface area contributed by atoms with Crippen molar-refractivity contribution in [3.63, 3.8) is 0 Å². The van der Waals surface area contributed by atoms with Crippen molar-refractivity contribution in [2.24, 2.45) is 0 Å². The Morgan fingerprint density at radius 3 is 2.37 bits per heavy atom. The van der Waals surface area contributed by atoms with E-state index in [0.29, 0.717) is 6.04 Å². The predicted molar refractivity (Wildman–Crippen MR) is 72.3 cm³/mol. The molecule has 0 aromatic heterocycles. The summed E-state index contributed by atoms with van der Waals surface area (Å²) in [6, 6.07) is 4.69. The van der Waals surface area contributed by atoms with Crippen molar-refractivity contribution in [2.45, 2.75) is 37.8 Å². The molecule has 104 valence electrons. The van der Waals surface area contributed by atoms with Gasteiger partial charge in [-0.1, -0.05) is 0 Å². The summed E-state index contributed by atoms with van der Waals surface area (Å²) in [6.07, 6.45) is 3.97. The van der Waals surface area contributed by atoms with E-state index in [9.17, 15) is 15.0 Å². The van der Waals surface area contributed by atoms with E-state index in [1.54, 1.807) is 0 Å². The second-order valence-electron chi connectivity index (χ2n) is 5.01. The van der Waals surface area contributed by atoms with Gasteiger partial charge < -0.3 is 20.8 Å². The third kappa shape index (κ3) is 3.38. The normalized spacial score (nSPS) is 23.0. The molecule has 1 aromatic rings.